The van der Waals surface area contributed by atoms with E-state index in [1.165, 1.54) is 11.3 Å². The number of alkyl halides is 3. The van der Waals surface area contributed by atoms with E-state index in [0.717, 1.165) is 37.2 Å². The molecule has 3 heterocycles. The molecule has 28 heavy (non-hydrogen) atoms. The fourth-order valence-corrected chi connectivity index (χ4v) is 4.24. The first-order chi connectivity index (χ1) is 13.1. The van der Waals surface area contributed by atoms with E-state index >= 15 is 0 Å². The van der Waals surface area contributed by atoms with Gasteiger partial charge >= 0.3 is 6.18 Å². The van der Waals surface area contributed by atoms with Crippen LogP contribution in [0.2, 0.25) is 0 Å². The Labute approximate surface area is 168 Å². The molecule has 0 unspecified atom stereocenters. The maximum Gasteiger partial charge on any atom is 0.433 e. The zero-order chi connectivity index (χ0) is 20.5. The van der Waals surface area contributed by atoms with Crippen LogP contribution < -0.4 is 10.6 Å². The Morgan fingerprint density at radius 1 is 0.821 bits per heavy atom. The van der Waals surface area contributed by atoms with E-state index in [4.69, 9.17) is 0 Å². The molecule has 0 spiro atoms. The molecule has 3 aromatic heterocycles. The zero-order valence-corrected chi connectivity index (χ0v) is 17.4. The van der Waals surface area contributed by atoms with Crippen molar-refractivity contribution in [3.63, 3.8) is 0 Å². The summed E-state index contributed by atoms with van der Waals surface area (Å²) < 4.78 is 39.7. The second-order valence-corrected chi connectivity index (χ2v) is 8.95. The van der Waals surface area contributed by atoms with Gasteiger partial charge in [-0.15, -0.1) is 22.7 Å². The Hall–Kier alpha value is -2.27. The van der Waals surface area contributed by atoms with Crippen LogP contribution in [-0.2, 0) is 19.3 Å². The van der Waals surface area contributed by atoms with Crippen LogP contribution in [0.25, 0.3) is 0 Å². The van der Waals surface area contributed by atoms with E-state index in [1.807, 2.05) is 27.7 Å². The van der Waals surface area contributed by atoms with Crippen molar-refractivity contribution in [1.82, 2.24) is 19.9 Å². The molecular formula is C17H19F3N6S2. The number of hydrogen-bond acceptors (Lipinski definition) is 8. The molecule has 0 aliphatic carbocycles. The van der Waals surface area contributed by atoms with Crippen molar-refractivity contribution >= 4 is 34.4 Å². The van der Waals surface area contributed by atoms with E-state index in [2.05, 4.69) is 30.6 Å². The molecule has 0 saturated carbocycles. The predicted octanol–water partition coefficient (Wildman–Crippen LogP) is 4.87. The van der Waals surface area contributed by atoms with E-state index in [0.29, 0.717) is 0 Å². The third kappa shape index (κ3) is 4.96. The van der Waals surface area contributed by atoms with E-state index < -0.39 is 11.9 Å². The molecule has 0 aliphatic rings. The van der Waals surface area contributed by atoms with Crippen molar-refractivity contribution < 1.29 is 13.2 Å². The summed E-state index contributed by atoms with van der Waals surface area (Å²) in [4.78, 5) is 18.5. The molecular weight excluding hydrogens is 409 g/mol. The van der Waals surface area contributed by atoms with Crippen LogP contribution in [-0.4, -0.2) is 19.9 Å². The Balaban J connectivity index is 1.80. The number of nitrogens with one attached hydrogen (secondary N) is 2. The molecule has 2 N–H and O–H groups in total. The van der Waals surface area contributed by atoms with Crippen LogP contribution in [0.5, 0.6) is 0 Å². The van der Waals surface area contributed by atoms with Gasteiger partial charge in [-0.05, 0) is 27.7 Å². The number of thiazole rings is 2. The van der Waals surface area contributed by atoms with Gasteiger partial charge in [-0.3, -0.25) is 0 Å². The minimum Gasteiger partial charge on any atom is -0.364 e. The SMILES string of the molecule is Cc1nc(CNc2cc(C(F)(F)F)nc(NCc3nc(C)sc3C)n2)c(C)s1. The minimum atomic E-state index is -4.57. The summed E-state index contributed by atoms with van der Waals surface area (Å²) in [5, 5.41) is 7.58. The Kier molecular flexibility index (Phi) is 5.84. The lowest BCUT2D eigenvalue weighted by Gasteiger charge is -2.12. The van der Waals surface area contributed by atoms with Gasteiger partial charge in [-0.1, -0.05) is 0 Å². The van der Waals surface area contributed by atoms with Crippen molar-refractivity contribution in [3.05, 3.63) is 42.9 Å². The van der Waals surface area contributed by atoms with Gasteiger partial charge in [0.15, 0.2) is 5.69 Å². The lowest BCUT2D eigenvalue weighted by atomic mass is 10.3. The van der Waals surface area contributed by atoms with E-state index in [-0.39, 0.29) is 24.9 Å². The van der Waals surface area contributed by atoms with Gasteiger partial charge in [0.05, 0.1) is 34.5 Å². The van der Waals surface area contributed by atoms with Crippen LogP contribution >= 0.6 is 22.7 Å². The van der Waals surface area contributed by atoms with Crippen LogP contribution in [0, 0.1) is 27.7 Å². The highest BCUT2D eigenvalue weighted by molar-refractivity contribution is 7.11. The van der Waals surface area contributed by atoms with Gasteiger partial charge in [-0.2, -0.15) is 18.2 Å². The van der Waals surface area contributed by atoms with Gasteiger partial charge in [0, 0.05) is 15.8 Å². The second kappa shape index (κ2) is 8.00. The molecule has 0 atom stereocenters. The second-order valence-electron chi connectivity index (χ2n) is 6.14. The van der Waals surface area contributed by atoms with Gasteiger partial charge in [0.25, 0.3) is 0 Å². The third-order valence-corrected chi connectivity index (χ3v) is 5.72. The number of nitrogens with zero attached hydrogens (tertiary/aromatic N) is 4. The lowest BCUT2D eigenvalue weighted by molar-refractivity contribution is -0.141. The van der Waals surface area contributed by atoms with Crippen LogP contribution in [0.4, 0.5) is 24.9 Å². The normalized spacial score (nSPS) is 11.7. The highest BCUT2D eigenvalue weighted by atomic mass is 32.1. The van der Waals surface area contributed by atoms with E-state index in [1.54, 1.807) is 11.3 Å². The molecule has 150 valence electrons. The molecule has 11 heteroatoms. The number of anilines is 2. The summed E-state index contributed by atoms with van der Waals surface area (Å²) in [5.41, 5.74) is 0.550. The minimum absolute atomic E-state index is 0.0843. The maximum absolute atomic E-state index is 13.2. The first kappa shape index (κ1) is 20.5. The molecule has 0 bridgehead atoms. The average Bonchev–Trinajstić information content (AvgIpc) is 3.10. The molecule has 6 nitrogen and oxygen atoms in total. The number of aromatic nitrogens is 4. The van der Waals surface area contributed by atoms with Crippen molar-refractivity contribution in [2.45, 2.75) is 47.0 Å². The van der Waals surface area contributed by atoms with Crippen molar-refractivity contribution in [2.24, 2.45) is 0 Å². The van der Waals surface area contributed by atoms with Gasteiger partial charge in [0.2, 0.25) is 5.95 Å². The molecule has 3 aromatic rings. The smallest absolute Gasteiger partial charge is 0.364 e. The fourth-order valence-electron chi connectivity index (χ4n) is 2.57. The Bertz CT molecular complexity index is 911. The fraction of sp³-hybridized carbons (Fsp3) is 0.412. The average molecular weight is 429 g/mol. The van der Waals surface area contributed by atoms with Crippen molar-refractivity contribution in [3.8, 4) is 0 Å². The standard InChI is InChI=1S/C17H19F3N6S2/c1-8-12(23-10(3)27-8)6-21-15-5-14(17(18,19)20)25-16(26-15)22-7-13-9(2)28-11(4)24-13/h5H,6-7H2,1-4H3,(H2,21,22,25,26). The van der Waals surface area contributed by atoms with E-state index in [9.17, 15) is 13.2 Å². The Morgan fingerprint density at radius 2 is 1.36 bits per heavy atom. The zero-order valence-electron chi connectivity index (χ0n) is 15.7. The molecule has 0 radical (unpaired) electrons. The van der Waals surface area contributed by atoms with Gasteiger partial charge in [0.1, 0.15) is 5.82 Å². The largest absolute Gasteiger partial charge is 0.433 e. The number of halogens is 3. The summed E-state index contributed by atoms with van der Waals surface area (Å²) in [6.07, 6.45) is -4.57. The molecule has 0 aliphatic heterocycles. The summed E-state index contributed by atoms with van der Waals surface area (Å²) in [6, 6.07) is 0.901. The molecule has 0 amide bonds. The molecule has 3 rings (SSSR count). The third-order valence-electron chi connectivity index (χ3n) is 3.87. The molecule has 0 fully saturated rings. The lowest BCUT2D eigenvalue weighted by Crippen LogP contribution is -2.14. The van der Waals surface area contributed by atoms with Crippen LogP contribution in [0.15, 0.2) is 6.07 Å². The highest BCUT2D eigenvalue weighted by Crippen LogP contribution is 2.30. The monoisotopic (exact) mass is 428 g/mol. The van der Waals surface area contributed by atoms with Crippen LogP contribution in [0.3, 0.4) is 0 Å². The quantitative estimate of drug-likeness (QED) is 0.584. The van der Waals surface area contributed by atoms with Gasteiger partial charge < -0.3 is 10.6 Å². The molecule has 0 saturated heterocycles. The Morgan fingerprint density at radius 3 is 1.82 bits per heavy atom. The topological polar surface area (TPSA) is 75.6 Å². The maximum atomic E-state index is 13.2. The number of hydrogen-bond donors (Lipinski definition) is 2. The predicted molar refractivity (Wildman–Crippen MR) is 105 cm³/mol. The summed E-state index contributed by atoms with van der Waals surface area (Å²) in [7, 11) is 0. The first-order valence-electron chi connectivity index (χ1n) is 8.41. The van der Waals surface area contributed by atoms with Gasteiger partial charge in [-0.25, -0.2) is 15.0 Å². The highest BCUT2D eigenvalue weighted by Gasteiger charge is 2.33. The summed E-state index contributed by atoms with van der Waals surface area (Å²) >= 11 is 3.08. The number of aryl methyl sites for hydroxylation is 4. The van der Waals surface area contributed by atoms with Crippen molar-refractivity contribution in [2.75, 3.05) is 10.6 Å². The van der Waals surface area contributed by atoms with Crippen LogP contribution in [0.1, 0.15) is 36.9 Å². The summed E-state index contributed by atoms with van der Waals surface area (Å²) in [6.45, 7) is 8.15. The summed E-state index contributed by atoms with van der Waals surface area (Å²) in [5.74, 6) is -0.0189. The molecule has 0 aromatic carbocycles. The first-order valence-corrected chi connectivity index (χ1v) is 10.0. The number of rotatable bonds is 6. The van der Waals surface area contributed by atoms with Crippen molar-refractivity contribution in [1.29, 1.82) is 0 Å².